The van der Waals surface area contributed by atoms with Crippen LogP contribution in [0.3, 0.4) is 0 Å². The summed E-state index contributed by atoms with van der Waals surface area (Å²) >= 11 is 7.40. The lowest BCUT2D eigenvalue weighted by molar-refractivity contribution is -0.138. The molecule has 1 N–H and O–H groups in total. The Labute approximate surface area is 199 Å². The largest absolute Gasteiger partial charge is 0.354 e. The molecule has 2 aromatic rings. The van der Waals surface area contributed by atoms with Crippen molar-refractivity contribution in [2.45, 2.75) is 51.3 Å². The quantitative estimate of drug-likeness (QED) is 0.388. The zero-order valence-corrected chi connectivity index (χ0v) is 20.4. The Morgan fingerprint density at radius 1 is 1.12 bits per heavy atom. The van der Waals surface area contributed by atoms with Gasteiger partial charge in [-0.15, -0.1) is 11.8 Å². The predicted molar refractivity (Wildman–Crippen MR) is 131 cm³/mol. The molecule has 0 saturated carbocycles. The topological polar surface area (TPSA) is 49.4 Å². The van der Waals surface area contributed by atoms with E-state index in [1.54, 1.807) is 17.0 Å². The number of hydrogen-bond donors (Lipinski definition) is 1. The highest BCUT2D eigenvalue weighted by atomic mass is 35.5. The summed E-state index contributed by atoms with van der Waals surface area (Å²) in [6, 6.07) is 13.9. The number of benzene rings is 2. The van der Waals surface area contributed by atoms with Crippen molar-refractivity contribution in [3.05, 3.63) is 70.5 Å². The van der Waals surface area contributed by atoms with Crippen molar-refractivity contribution in [2.24, 2.45) is 0 Å². The lowest BCUT2D eigenvalue weighted by atomic mass is 10.1. The molecule has 0 radical (unpaired) electrons. The molecule has 0 aliphatic rings. The number of hydrogen-bond acceptors (Lipinski definition) is 3. The van der Waals surface area contributed by atoms with Gasteiger partial charge in [0.05, 0.1) is 5.75 Å². The van der Waals surface area contributed by atoms with E-state index in [2.05, 4.69) is 12.2 Å². The zero-order chi connectivity index (χ0) is 23.3. The summed E-state index contributed by atoms with van der Waals surface area (Å²) in [5, 5.41) is 3.31. The van der Waals surface area contributed by atoms with E-state index < -0.39 is 6.04 Å². The number of carbonyl (C=O) groups is 2. The minimum atomic E-state index is -0.527. The van der Waals surface area contributed by atoms with E-state index >= 15 is 0 Å². The van der Waals surface area contributed by atoms with Gasteiger partial charge in [-0.05, 0) is 37.0 Å². The molecule has 0 spiro atoms. The summed E-state index contributed by atoms with van der Waals surface area (Å²) in [5.41, 5.74) is 1.50. The maximum Gasteiger partial charge on any atom is 0.242 e. The van der Waals surface area contributed by atoms with E-state index in [0.29, 0.717) is 42.3 Å². The molecular formula is C25H32ClFN2O2S. The average Bonchev–Trinajstić information content (AvgIpc) is 2.79. The number of nitrogens with one attached hydrogen (secondary N) is 1. The highest BCUT2D eigenvalue weighted by molar-refractivity contribution is 7.99. The molecule has 2 aromatic carbocycles. The fraction of sp³-hybridized carbons (Fsp3) is 0.440. The van der Waals surface area contributed by atoms with Crippen LogP contribution in [0.1, 0.15) is 44.2 Å². The van der Waals surface area contributed by atoms with Crippen LogP contribution in [0.5, 0.6) is 0 Å². The average molecular weight is 479 g/mol. The van der Waals surface area contributed by atoms with Gasteiger partial charge in [-0.3, -0.25) is 9.59 Å². The van der Waals surface area contributed by atoms with E-state index in [-0.39, 0.29) is 23.4 Å². The monoisotopic (exact) mass is 478 g/mol. The van der Waals surface area contributed by atoms with Crippen molar-refractivity contribution >= 4 is 35.2 Å². The number of nitrogens with zero attached hydrogens (tertiary/aromatic N) is 1. The molecule has 2 rings (SSSR count). The van der Waals surface area contributed by atoms with Gasteiger partial charge in [0, 0.05) is 29.4 Å². The van der Waals surface area contributed by atoms with Gasteiger partial charge < -0.3 is 10.2 Å². The van der Waals surface area contributed by atoms with E-state index in [1.807, 2.05) is 37.3 Å². The molecule has 0 bridgehead atoms. The van der Waals surface area contributed by atoms with Crippen molar-refractivity contribution in [3.63, 3.8) is 0 Å². The highest BCUT2D eigenvalue weighted by Gasteiger charge is 2.28. The van der Waals surface area contributed by atoms with Gasteiger partial charge in [0.1, 0.15) is 11.9 Å². The van der Waals surface area contributed by atoms with Gasteiger partial charge >= 0.3 is 0 Å². The highest BCUT2D eigenvalue weighted by Crippen LogP contribution is 2.24. The van der Waals surface area contributed by atoms with Crippen LogP contribution in [0.2, 0.25) is 5.02 Å². The third-order valence-corrected chi connectivity index (χ3v) is 6.53. The Morgan fingerprint density at radius 2 is 1.88 bits per heavy atom. The first-order chi connectivity index (χ1) is 15.5. The van der Waals surface area contributed by atoms with Gasteiger partial charge in [0.15, 0.2) is 0 Å². The van der Waals surface area contributed by atoms with E-state index in [4.69, 9.17) is 11.6 Å². The van der Waals surface area contributed by atoms with Crippen LogP contribution in [0.15, 0.2) is 48.5 Å². The van der Waals surface area contributed by atoms with E-state index in [9.17, 15) is 14.0 Å². The first-order valence-corrected chi connectivity index (χ1v) is 12.6. The fourth-order valence-corrected chi connectivity index (χ4v) is 4.64. The molecule has 0 aromatic heterocycles. The molecule has 1 atom stereocenters. The van der Waals surface area contributed by atoms with Gasteiger partial charge in [-0.25, -0.2) is 4.39 Å². The van der Waals surface area contributed by atoms with E-state index in [0.717, 1.165) is 18.4 Å². The van der Waals surface area contributed by atoms with Crippen LogP contribution < -0.4 is 5.32 Å². The summed E-state index contributed by atoms with van der Waals surface area (Å²) in [7, 11) is 0. The normalized spacial score (nSPS) is 11.8. The van der Waals surface area contributed by atoms with Crippen LogP contribution in [0.4, 0.5) is 4.39 Å². The van der Waals surface area contributed by atoms with Crippen molar-refractivity contribution in [1.29, 1.82) is 0 Å². The number of rotatable bonds is 13. The van der Waals surface area contributed by atoms with Crippen LogP contribution in [0.25, 0.3) is 0 Å². The number of halogens is 2. The zero-order valence-electron chi connectivity index (χ0n) is 18.8. The Bertz CT molecular complexity index is 846. The second-order valence-electron chi connectivity index (χ2n) is 7.58. The van der Waals surface area contributed by atoms with Crippen LogP contribution >= 0.6 is 23.4 Å². The van der Waals surface area contributed by atoms with Gasteiger partial charge in [-0.2, -0.15) is 0 Å². The molecular weight excluding hydrogens is 447 g/mol. The number of thioether (sulfide) groups is 1. The fourth-order valence-electron chi connectivity index (χ4n) is 3.40. The van der Waals surface area contributed by atoms with Crippen molar-refractivity contribution < 1.29 is 14.0 Å². The summed E-state index contributed by atoms with van der Waals surface area (Å²) in [6.45, 7) is 5.04. The Morgan fingerprint density at radius 3 is 2.53 bits per heavy atom. The number of amides is 2. The molecule has 4 nitrogen and oxygen atoms in total. The Kier molecular flexibility index (Phi) is 11.6. The molecule has 0 saturated heterocycles. The first kappa shape index (κ1) is 26.2. The molecule has 32 heavy (non-hydrogen) atoms. The van der Waals surface area contributed by atoms with Crippen LogP contribution in [-0.4, -0.2) is 41.6 Å². The van der Waals surface area contributed by atoms with Gasteiger partial charge in [0.2, 0.25) is 11.8 Å². The predicted octanol–water partition coefficient (Wildman–Crippen LogP) is 5.48. The maximum absolute atomic E-state index is 14.0. The molecule has 174 valence electrons. The molecule has 2 amide bonds. The lowest BCUT2D eigenvalue weighted by Gasteiger charge is -2.30. The smallest absolute Gasteiger partial charge is 0.242 e. The standard InChI is InChI=1S/C25H32ClFN2O2S/c1-3-5-15-28-25(31)23(4-2)29(16-14-19-10-7-6-8-11-19)24(30)18-32-17-20-21(26)12-9-13-22(20)27/h6-13,23H,3-5,14-18H2,1-2H3,(H,28,31)/t23-/m1/s1. The minimum Gasteiger partial charge on any atom is -0.354 e. The molecule has 0 aliphatic heterocycles. The summed E-state index contributed by atoms with van der Waals surface area (Å²) in [5.74, 6) is -0.179. The summed E-state index contributed by atoms with van der Waals surface area (Å²) < 4.78 is 14.0. The molecule has 0 aliphatic carbocycles. The van der Waals surface area contributed by atoms with E-state index in [1.165, 1.54) is 17.8 Å². The van der Waals surface area contributed by atoms with Crippen molar-refractivity contribution in [1.82, 2.24) is 10.2 Å². The van der Waals surface area contributed by atoms with Gasteiger partial charge in [-0.1, -0.05) is 68.3 Å². The SMILES string of the molecule is CCCCNC(=O)[C@@H](CC)N(CCc1ccccc1)C(=O)CSCc1c(F)cccc1Cl. The van der Waals surface area contributed by atoms with Crippen molar-refractivity contribution in [3.8, 4) is 0 Å². The molecule has 0 fully saturated rings. The summed E-state index contributed by atoms with van der Waals surface area (Å²) in [4.78, 5) is 27.6. The van der Waals surface area contributed by atoms with Gasteiger partial charge in [0.25, 0.3) is 0 Å². The maximum atomic E-state index is 14.0. The summed E-state index contributed by atoms with van der Waals surface area (Å²) in [6.07, 6.45) is 3.08. The third kappa shape index (κ3) is 8.14. The number of carbonyl (C=O) groups excluding carboxylic acids is 2. The van der Waals surface area contributed by atoms with Crippen LogP contribution in [0, 0.1) is 5.82 Å². The third-order valence-electron chi connectivity index (χ3n) is 5.23. The first-order valence-electron chi connectivity index (χ1n) is 11.1. The minimum absolute atomic E-state index is 0.121. The second-order valence-corrected chi connectivity index (χ2v) is 8.98. The van der Waals surface area contributed by atoms with Crippen LogP contribution in [-0.2, 0) is 21.8 Å². The molecule has 7 heteroatoms. The Hall–Kier alpha value is -2.05. The second kappa shape index (κ2) is 14.2. The Balaban J connectivity index is 2.07. The molecule has 0 unspecified atom stereocenters. The number of unbranched alkanes of at least 4 members (excludes halogenated alkanes) is 1. The lowest BCUT2D eigenvalue weighted by Crippen LogP contribution is -2.50. The molecule has 0 heterocycles. The van der Waals surface area contributed by atoms with Crippen molar-refractivity contribution in [2.75, 3.05) is 18.8 Å².